The van der Waals surface area contributed by atoms with E-state index in [1.165, 1.54) is 6.07 Å². The van der Waals surface area contributed by atoms with Gasteiger partial charge in [-0.2, -0.15) is 0 Å². The van der Waals surface area contributed by atoms with Crippen LogP contribution in [0.2, 0.25) is 0 Å². The smallest absolute Gasteiger partial charge is 0.270 e. The Bertz CT molecular complexity index is 769. The van der Waals surface area contributed by atoms with Crippen LogP contribution >= 0.6 is 0 Å². The summed E-state index contributed by atoms with van der Waals surface area (Å²) in [6.07, 6.45) is 3.64. The van der Waals surface area contributed by atoms with Crippen molar-refractivity contribution in [1.82, 2.24) is 14.9 Å². The van der Waals surface area contributed by atoms with Gasteiger partial charge in [0.2, 0.25) is 5.56 Å². The number of aromatic nitrogens is 2. The van der Waals surface area contributed by atoms with Gasteiger partial charge in [0.1, 0.15) is 11.5 Å². The second-order valence-corrected chi connectivity index (χ2v) is 5.93. The van der Waals surface area contributed by atoms with Gasteiger partial charge in [-0.1, -0.05) is 6.07 Å². The van der Waals surface area contributed by atoms with Gasteiger partial charge in [0, 0.05) is 32.9 Å². The second kappa shape index (κ2) is 6.24. The van der Waals surface area contributed by atoms with Gasteiger partial charge < -0.3 is 14.8 Å². The predicted molar refractivity (Wildman–Crippen MR) is 88.6 cm³/mol. The Balaban J connectivity index is 1.90. The summed E-state index contributed by atoms with van der Waals surface area (Å²) in [5.41, 5.74) is 1.16. The van der Waals surface area contributed by atoms with Crippen molar-refractivity contribution in [3.8, 4) is 0 Å². The zero-order chi connectivity index (χ0) is 16.4. The van der Waals surface area contributed by atoms with Crippen LogP contribution in [0, 0.1) is 0 Å². The maximum Gasteiger partial charge on any atom is 0.270 e. The predicted octanol–water partition coefficient (Wildman–Crippen LogP) is 1.81. The molecule has 6 heteroatoms. The van der Waals surface area contributed by atoms with E-state index in [-0.39, 0.29) is 17.5 Å². The number of carbonyl (C=O) groups excluding carboxylic acids is 1. The third kappa shape index (κ3) is 3.11. The summed E-state index contributed by atoms with van der Waals surface area (Å²) in [7, 11) is 3.89. The van der Waals surface area contributed by atoms with Crippen LogP contribution in [0.25, 0.3) is 0 Å². The molecule has 1 fully saturated rings. The Morgan fingerprint density at radius 3 is 2.91 bits per heavy atom. The van der Waals surface area contributed by atoms with Crippen LogP contribution in [0.3, 0.4) is 0 Å². The first-order valence-electron chi connectivity index (χ1n) is 7.70. The second-order valence-electron chi connectivity index (χ2n) is 5.93. The number of pyridine rings is 2. The van der Waals surface area contributed by atoms with Gasteiger partial charge in [0.15, 0.2) is 0 Å². The fourth-order valence-corrected chi connectivity index (χ4v) is 2.97. The molecule has 120 valence electrons. The molecule has 2 aromatic rings. The molecule has 1 saturated heterocycles. The van der Waals surface area contributed by atoms with Crippen molar-refractivity contribution in [3.63, 3.8) is 0 Å². The Labute approximate surface area is 134 Å². The van der Waals surface area contributed by atoms with E-state index in [9.17, 15) is 9.59 Å². The third-order valence-corrected chi connectivity index (χ3v) is 4.12. The maximum atomic E-state index is 12.7. The van der Waals surface area contributed by atoms with E-state index in [0.717, 1.165) is 24.2 Å². The minimum absolute atomic E-state index is 0.0212. The summed E-state index contributed by atoms with van der Waals surface area (Å²) < 4.78 is 0. The number of H-pyrrole nitrogens is 1. The lowest BCUT2D eigenvalue weighted by atomic mass is 10.1. The summed E-state index contributed by atoms with van der Waals surface area (Å²) >= 11 is 0. The molecule has 2 aromatic heterocycles. The third-order valence-electron chi connectivity index (χ3n) is 4.12. The van der Waals surface area contributed by atoms with Crippen LogP contribution in [-0.4, -0.2) is 41.4 Å². The highest BCUT2D eigenvalue weighted by Gasteiger charge is 2.31. The largest absolute Gasteiger partial charge is 0.363 e. The van der Waals surface area contributed by atoms with Gasteiger partial charge in [-0.15, -0.1) is 0 Å². The van der Waals surface area contributed by atoms with Crippen LogP contribution in [0.4, 0.5) is 5.82 Å². The summed E-state index contributed by atoms with van der Waals surface area (Å²) in [6, 6.07) is 8.66. The molecule has 6 nitrogen and oxygen atoms in total. The van der Waals surface area contributed by atoms with E-state index in [2.05, 4.69) is 9.97 Å². The highest BCUT2D eigenvalue weighted by atomic mass is 16.2. The fourth-order valence-electron chi connectivity index (χ4n) is 2.97. The van der Waals surface area contributed by atoms with Crippen LogP contribution < -0.4 is 10.5 Å². The van der Waals surface area contributed by atoms with Gasteiger partial charge in [-0.25, -0.2) is 4.98 Å². The van der Waals surface area contributed by atoms with Crippen LogP contribution in [0.1, 0.15) is 34.9 Å². The van der Waals surface area contributed by atoms with Crippen molar-refractivity contribution in [2.45, 2.75) is 18.9 Å². The zero-order valence-corrected chi connectivity index (χ0v) is 13.3. The molecule has 0 aliphatic carbocycles. The Hall–Kier alpha value is -2.63. The van der Waals surface area contributed by atoms with Crippen LogP contribution in [0.15, 0.2) is 41.3 Å². The monoisotopic (exact) mass is 312 g/mol. The molecule has 3 rings (SSSR count). The minimum Gasteiger partial charge on any atom is -0.363 e. The number of hydrogen-bond acceptors (Lipinski definition) is 4. The van der Waals surface area contributed by atoms with Gasteiger partial charge >= 0.3 is 0 Å². The van der Waals surface area contributed by atoms with Gasteiger partial charge in [0.05, 0.1) is 6.04 Å². The van der Waals surface area contributed by atoms with E-state index in [0.29, 0.717) is 12.2 Å². The molecule has 1 unspecified atom stereocenters. The van der Waals surface area contributed by atoms with E-state index in [4.69, 9.17) is 0 Å². The van der Waals surface area contributed by atoms with E-state index in [1.807, 2.05) is 36.0 Å². The quantitative estimate of drug-likeness (QED) is 0.938. The molecule has 0 spiro atoms. The minimum atomic E-state index is -0.259. The number of carbonyl (C=O) groups is 1. The molecule has 1 N–H and O–H groups in total. The molecule has 3 heterocycles. The maximum absolute atomic E-state index is 12.7. The number of rotatable bonds is 3. The zero-order valence-electron chi connectivity index (χ0n) is 13.3. The van der Waals surface area contributed by atoms with E-state index >= 15 is 0 Å². The first kappa shape index (κ1) is 15.3. The molecular weight excluding hydrogens is 292 g/mol. The number of aromatic amines is 1. The van der Waals surface area contributed by atoms with E-state index in [1.54, 1.807) is 18.3 Å². The molecule has 1 aliphatic rings. The lowest BCUT2D eigenvalue weighted by Crippen LogP contribution is -2.32. The Kier molecular flexibility index (Phi) is 4.14. The van der Waals surface area contributed by atoms with Crippen molar-refractivity contribution < 1.29 is 4.79 Å². The number of hydrogen-bond donors (Lipinski definition) is 1. The number of nitrogens with one attached hydrogen (secondary N) is 1. The summed E-state index contributed by atoms with van der Waals surface area (Å²) in [4.78, 5) is 34.9. The standard InChI is InChI=1S/C17H20N4O2/c1-20(2)15-11-12(8-9-18-15)14-6-4-10-21(14)17(23)13-5-3-7-16(22)19-13/h3,5,7-9,11,14H,4,6,10H2,1-2H3,(H,19,22). The molecule has 1 atom stereocenters. The van der Waals surface area contributed by atoms with Gasteiger partial charge in [-0.3, -0.25) is 9.59 Å². The normalized spacial score (nSPS) is 17.3. The van der Waals surface area contributed by atoms with Crippen molar-refractivity contribution in [1.29, 1.82) is 0 Å². The summed E-state index contributed by atoms with van der Waals surface area (Å²) in [5.74, 6) is 0.739. The van der Waals surface area contributed by atoms with Crippen molar-refractivity contribution in [2.24, 2.45) is 0 Å². The number of nitrogens with zero attached hydrogens (tertiary/aromatic N) is 3. The van der Waals surface area contributed by atoms with Crippen LogP contribution in [0.5, 0.6) is 0 Å². The Morgan fingerprint density at radius 1 is 1.35 bits per heavy atom. The lowest BCUT2D eigenvalue weighted by Gasteiger charge is -2.25. The molecule has 0 bridgehead atoms. The fraction of sp³-hybridized carbons (Fsp3) is 0.353. The van der Waals surface area contributed by atoms with E-state index < -0.39 is 0 Å². The molecule has 0 radical (unpaired) electrons. The molecule has 1 amide bonds. The highest BCUT2D eigenvalue weighted by molar-refractivity contribution is 5.92. The van der Waals surface area contributed by atoms with Crippen molar-refractivity contribution in [3.05, 3.63) is 58.1 Å². The number of anilines is 1. The average Bonchev–Trinajstić information content (AvgIpc) is 3.04. The first-order chi connectivity index (χ1) is 11.1. The molecule has 23 heavy (non-hydrogen) atoms. The topological polar surface area (TPSA) is 69.3 Å². The molecule has 1 aliphatic heterocycles. The average molecular weight is 312 g/mol. The molecular formula is C17H20N4O2. The summed E-state index contributed by atoms with van der Waals surface area (Å²) in [5, 5.41) is 0. The van der Waals surface area contributed by atoms with Gasteiger partial charge in [0.25, 0.3) is 5.91 Å². The lowest BCUT2D eigenvalue weighted by molar-refractivity contribution is 0.0729. The molecule has 0 saturated carbocycles. The number of amides is 1. The van der Waals surface area contributed by atoms with Crippen LogP contribution in [-0.2, 0) is 0 Å². The molecule has 0 aromatic carbocycles. The Morgan fingerprint density at radius 2 is 2.17 bits per heavy atom. The van der Waals surface area contributed by atoms with Crippen molar-refractivity contribution >= 4 is 11.7 Å². The number of likely N-dealkylation sites (tertiary alicyclic amines) is 1. The summed E-state index contributed by atoms with van der Waals surface area (Å²) in [6.45, 7) is 0.694. The first-order valence-corrected chi connectivity index (χ1v) is 7.70. The van der Waals surface area contributed by atoms with Gasteiger partial charge in [-0.05, 0) is 36.6 Å². The highest BCUT2D eigenvalue weighted by Crippen LogP contribution is 2.33. The van der Waals surface area contributed by atoms with Crippen molar-refractivity contribution in [2.75, 3.05) is 25.5 Å². The SMILES string of the molecule is CN(C)c1cc(C2CCCN2C(=O)c2cccc(=O)[nH]2)ccn1.